The van der Waals surface area contributed by atoms with Gasteiger partial charge < -0.3 is 26.2 Å². The number of urea groups is 1. The number of likely N-dealkylation sites (N-methyl/N-ethyl adjacent to an activating group) is 1. The zero-order valence-electron chi connectivity index (χ0n) is 16.1. The van der Waals surface area contributed by atoms with Crippen LogP contribution in [0.5, 0.6) is 0 Å². The molecule has 1 aromatic carbocycles. The fourth-order valence-electron chi connectivity index (χ4n) is 5.32. The summed E-state index contributed by atoms with van der Waals surface area (Å²) in [5.41, 5.74) is 11.1. The van der Waals surface area contributed by atoms with Crippen LogP contribution in [-0.2, 0) is 0 Å². The van der Waals surface area contributed by atoms with Crippen LogP contribution in [0, 0.1) is 0 Å². The first-order chi connectivity index (χ1) is 12.5. The van der Waals surface area contributed by atoms with Crippen LogP contribution < -0.4 is 16.4 Å². The lowest BCUT2D eigenvalue weighted by molar-refractivity contribution is 0.109. The van der Waals surface area contributed by atoms with E-state index in [-0.39, 0.29) is 12.1 Å². The number of nitrogen functional groups attached to an aromatic ring is 1. The van der Waals surface area contributed by atoms with E-state index in [1.54, 1.807) is 0 Å². The summed E-state index contributed by atoms with van der Waals surface area (Å²) in [6.07, 6.45) is 2.18. The number of nitrogens with two attached hydrogens (primary N) is 1. The van der Waals surface area contributed by atoms with Gasteiger partial charge in [0.2, 0.25) is 0 Å². The maximum Gasteiger partial charge on any atom is 0.317 e. The molecule has 4 N–H and O–H groups in total. The van der Waals surface area contributed by atoms with Crippen LogP contribution in [0.15, 0.2) is 12.1 Å². The van der Waals surface area contributed by atoms with Gasteiger partial charge in [-0.15, -0.1) is 0 Å². The van der Waals surface area contributed by atoms with Gasteiger partial charge >= 0.3 is 6.03 Å². The van der Waals surface area contributed by atoms with E-state index >= 15 is 0 Å². The number of piperidine rings is 1. The largest absolute Gasteiger partial charge is 0.399 e. The summed E-state index contributed by atoms with van der Waals surface area (Å²) in [6, 6.07) is 5.02. The Morgan fingerprint density at radius 1 is 1.35 bits per heavy atom. The van der Waals surface area contributed by atoms with Gasteiger partial charge in [-0.1, -0.05) is 0 Å². The molecule has 0 bridgehead atoms. The molecule has 4 atom stereocenters. The van der Waals surface area contributed by atoms with Crippen molar-refractivity contribution in [1.82, 2.24) is 15.1 Å². The maximum absolute atomic E-state index is 12.5. The number of nitrogens with zero attached hydrogens (tertiary/aromatic N) is 2. The quantitative estimate of drug-likeness (QED) is 0.726. The first-order valence-electron chi connectivity index (χ1n) is 9.94. The monoisotopic (exact) mass is 357 g/mol. The molecular formula is C20H31N5O. The number of likely N-dealkylation sites (tertiary alicyclic amines) is 1. The Kier molecular flexibility index (Phi) is 4.47. The molecule has 6 nitrogen and oxygen atoms in total. The number of nitrogens with one attached hydrogen (secondary N) is 2. The Bertz CT molecular complexity index is 702. The molecule has 2 aliphatic heterocycles. The standard InChI is InChI=1S/C20H31N5O/c1-4-25(5-2)20(26)23-14-9-15-16-7-13(21)8-17-19(16)12(10-22-17)6-18(15)24(3)11-14/h7-8,12,14-15,18,22H,4-6,9-11,21H2,1-3H3,(H,23,26)/t12?,14-,15?,18+/m0/s1. The SMILES string of the molecule is CCN(CC)C(=O)N[C@H]1CC2c3cc(N)cc4c3C(CN4)C[C@H]2N(C)C1. The molecule has 2 amide bonds. The van der Waals surface area contributed by atoms with Crippen molar-refractivity contribution >= 4 is 17.4 Å². The van der Waals surface area contributed by atoms with Crippen molar-refractivity contribution in [1.29, 1.82) is 0 Å². The van der Waals surface area contributed by atoms with Crippen LogP contribution >= 0.6 is 0 Å². The highest BCUT2D eigenvalue weighted by atomic mass is 16.2. The average Bonchev–Trinajstić information content (AvgIpc) is 3.00. The average molecular weight is 358 g/mol. The predicted octanol–water partition coefficient (Wildman–Crippen LogP) is 2.39. The summed E-state index contributed by atoms with van der Waals surface area (Å²) >= 11 is 0. The van der Waals surface area contributed by atoms with E-state index in [1.807, 2.05) is 18.7 Å². The Morgan fingerprint density at radius 3 is 2.85 bits per heavy atom. The zero-order valence-corrected chi connectivity index (χ0v) is 16.1. The van der Waals surface area contributed by atoms with Crippen molar-refractivity contribution in [2.24, 2.45) is 0 Å². The number of hydrogen-bond donors (Lipinski definition) is 3. The van der Waals surface area contributed by atoms with E-state index in [0.29, 0.717) is 17.9 Å². The van der Waals surface area contributed by atoms with Crippen molar-refractivity contribution < 1.29 is 4.79 Å². The minimum Gasteiger partial charge on any atom is -0.399 e. The number of rotatable bonds is 3. The summed E-state index contributed by atoms with van der Waals surface area (Å²) < 4.78 is 0. The Labute approximate surface area is 156 Å². The molecule has 26 heavy (non-hydrogen) atoms. The smallest absolute Gasteiger partial charge is 0.317 e. The van der Waals surface area contributed by atoms with E-state index in [2.05, 4.69) is 34.7 Å². The van der Waals surface area contributed by atoms with Crippen LogP contribution in [0.25, 0.3) is 0 Å². The molecule has 0 radical (unpaired) electrons. The number of carbonyl (C=O) groups excluding carboxylic acids is 1. The molecule has 142 valence electrons. The lowest BCUT2D eigenvalue weighted by Gasteiger charge is -2.47. The molecule has 2 heterocycles. The highest BCUT2D eigenvalue weighted by Gasteiger charge is 2.44. The van der Waals surface area contributed by atoms with E-state index in [0.717, 1.165) is 38.3 Å². The minimum absolute atomic E-state index is 0.0556. The van der Waals surface area contributed by atoms with Crippen LogP contribution in [0.1, 0.15) is 49.7 Å². The van der Waals surface area contributed by atoms with Gasteiger partial charge in [-0.2, -0.15) is 0 Å². The molecule has 0 aromatic heterocycles. The summed E-state index contributed by atoms with van der Waals surface area (Å²) in [5.74, 6) is 1.02. The number of benzene rings is 1. The van der Waals surface area contributed by atoms with E-state index in [9.17, 15) is 4.79 Å². The second kappa shape index (κ2) is 6.65. The summed E-state index contributed by atoms with van der Waals surface area (Å²) in [7, 11) is 2.20. The third kappa shape index (κ3) is 2.80. The van der Waals surface area contributed by atoms with E-state index in [4.69, 9.17) is 5.73 Å². The molecule has 2 unspecified atom stereocenters. The fourth-order valence-corrected chi connectivity index (χ4v) is 5.32. The van der Waals surface area contributed by atoms with Gasteiger partial charge in [-0.3, -0.25) is 0 Å². The summed E-state index contributed by atoms with van der Waals surface area (Å²) in [4.78, 5) is 16.8. The van der Waals surface area contributed by atoms with Crippen molar-refractivity contribution in [3.05, 3.63) is 23.3 Å². The van der Waals surface area contributed by atoms with Gasteiger partial charge in [0.05, 0.1) is 0 Å². The minimum atomic E-state index is 0.0556. The fraction of sp³-hybridized carbons (Fsp3) is 0.650. The topological polar surface area (TPSA) is 73.6 Å². The van der Waals surface area contributed by atoms with Gasteiger partial charge in [-0.05, 0) is 57.0 Å². The normalized spacial score (nSPS) is 29.5. The molecule has 1 aromatic rings. The van der Waals surface area contributed by atoms with Gasteiger partial charge in [0, 0.05) is 61.5 Å². The zero-order chi connectivity index (χ0) is 18.4. The molecular weight excluding hydrogens is 326 g/mol. The second-order valence-electron chi connectivity index (χ2n) is 8.05. The van der Waals surface area contributed by atoms with Crippen LogP contribution in [-0.4, -0.2) is 61.1 Å². The number of fused-ring (bicyclic) bond motifs is 2. The highest BCUT2D eigenvalue weighted by Crippen LogP contribution is 2.50. The Balaban J connectivity index is 1.59. The van der Waals surface area contributed by atoms with Gasteiger partial charge in [-0.25, -0.2) is 4.79 Å². The molecule has 0 saturated carbocycles. The van der Waals surface area contributed by atoms with Gasteiger partial charge in [0.25, 0.3) is 0 Å². The predicted molar refractivity (Wildman–Crippen MR) is 106 cm³/mol. The van der Waals surface area contributed by atoms with E-state index < -0.39 is 0 Å². The molecule has 4 rings (SSSR count). The Morgan fingerprint density at radius 2 is 2.12 bits per heavy atom. The van der Waals surface area contributed by atoms with Gasteiger partial charge in [0.1, 0.15) is 0 Å². The number of anilines is 2. The molecule has 1 fully saturated rings. The third-order valence-electron chi connectivity index (χ3n) is 6.56. The van der Waals surface area contributed by atoms with Crippen molar-refractivity contribution in [2.45, 2.75) is 50.6 Å². The number of hydrogen-bond acceptors (Lipinski definition) is 4. The van der Waals surface area contributed by atoms with Crippen LogP contribution in [0.4, 0.5) is 16.2 Å². The molecule has 3 aliphatic rings. The Hall–Kier alpha value is -1.95. The van der Waals surface area contributed by atoms with Crippen molar-refractivity contribution in [3.63, 3.8) is 0 Å². The lowest BCUT2D eigenvalue weighted by Crippen LogP contribution is -2.56. The van der Waals surface area contributed by atoms with E-state index in [1.165, 1.54) is 23.2 Å². The molecule has 1 saturated heterocycles. The number of amides is 2. The molecule has 1 aliphatic carbocycles. The summed E-state index contributed by atoms with van der Waals surface area (Å²) in [5, 5.41) is 6.82. The second-order valence-corrected chi connectivity index (χ2v) is 8.05. The number of carbonyl (C=O) groups is 1. The molecule has 0 spiro atoms. The van der Waals surface area contributed by atoms with Crippen LogP contribution in [0.3, 0.4) is 0 Å². The summed E-state index contributed by atoms with van der Waals surface area (Å²) in [6.45, 7) is 7.47. The maximum atomic E-state index is 12.5. The first-order valence-corrected chi connectivity index (χ1v) is 9.94. The van der Waals surface area contributed by atoms with Gasteiger partial charge in [0.15, 0.2) is 0 Å². The molecule has 6 heteroatoms. The third-order valence-corrected chi connectivity index (χ3v) is 6.56. The lowest BCUT2D eigenvalue weighted by atomic mass is 9.69. The van der Waals surface area contributed by atoms with Crippen molar-refractivity contribution in [3.8, 4) is 0 Å². The van der Waals surface area contributed by atoms with Crippen LogP contribution in [0.2, 0.25) is 0 Å². The van der Waals surface area contributed by atoms with Crippen molar-refractivity contribution in [2.75, 3.05) is 44.3 Å². The first kappa shape index (κ1) is 17.5. The highest BCUT2D eigenvalue weighted by molar-refractivity contribution is 5.74.